The monoisotopic (exact) mass is 189 g/mol. The minimum Gasteiger partial charge on any atom is -0.381 e. The van der Waals surface area contributed by atoms with Crippen molar-refractivity contribution < 1.29 is 0 Å². The molecule has 0 aliphatic rings. The van der Waals surface area contributed by atoms with Gasteiger partial charge in [-0.05, 0) is 24.5 Å². The maximum Gasteiger partial charge on any atom is 0.0377 e. The molecule has 1 aromatic carbocycles. The van der Waals surface area contributed by atoms with E-state index in [1.165, 1.54) is 11.3 Å². The fourth-order valence-electron chi connectivity index (χ4n) is 1.41. The summed E-state index contributed by atoms with van der Waals surface area (Å²) >= 11 is 0. The highest BCUT2D eigenvalue weighted by molar-refractivity contribution is 5.53. The number of para-hydroxylation sites is 1. The maximum absolute atomic E-state index is 3.88. The average molecular weight is 189 g/mol. The van der Waals surface area contributed by atoms with Gasteiger partial charge in [0.15, 0.2) is 0 Å². The topological polar surface area (TPSA) is 12.0 Å². The van der Waals surface area contributed by atoms with Crippen molar-refractivity contribution in [3.8, 4) is 0 Å². The van der Waals surface area contributed by atoms with Gasteiger partial charge in [-0.15, -0.1) is 0 Å². The molecular weight excluding hydrogens is 170 g/mol. The van der Waals surface area contributed by atoms with Crippen LogP contribution in [0.15, 0.2) is 36.4 Å². The summed E-state index contributed by atoms with van der Waals surface area (Å²) in [7, 11) is 0. The summed E-state index contributed by atoms with van der Waals surface area (Å²) in [5, 5.41) is 3.39. The van der Waals surface area contributed by atoms with Gasteiger partial charge in [-0.1, -0.05) is 44.2 Å². The molecule has 0 aliphatic heterocycles. The predicted molar refractivity (Wildman–Crippen MR) is 63.8 cm³/mol. The lowest BCUT2D eigenvalue weighted by Gasteiger charge is -2.14. The van der Waals surface area contributed by atoms with Crippen molar-refractivity contribution >= 4 is 5.69 Å². The molecule has 76 valence electrons. The first kappa shape index (κ1) is 10.8. The smallest absolute Gasteiger partial charge is 0.0377 e. The van der Waals surface area contributed by atoms with E-state index in [9.17, 15) is 0 Å². The number of hydrogen-bond acceptors (Lipinski definition) is 1. The van der Waals surface area contributed by atoms with Crippen LogP contribution >= 0.6 is 0 Å². The summed E-state index contributed by atoms with van der Waals surface area (Å²) in [6, 6.07) is 8.44. The van der Waals surface area contributed by atoms with E-state index in [1.807, 2.05) is 6.92 Å². The zero-order valence-corrected chi connectivity index (χ0v) is 9.30. The summed E-state index contributed by atoms with van der Waals surface area (Å²) in [6.07, 6.45) is 0. The predicted octanol–water partition coefficient (Wildman–Crippen LogP) is 3.80. The Bertz CT molecular complexity index is 313. The van der Waals surface area contributed by atoms with E-state index < -0.39 is 0 Å². The van der Waals surface area contributed by atoms with E-state index in [-0.39, 0.29) is 0 Å². The number of nitrogens with one attached hydrogen (secondary N) is 1. The van der Waals surface area contributed by atoms with Crippen LogP contribution in [0.5, 0.6) is 0 Å². The van der Waals surface area contributed by atoms with Gasteiger partial charge in [0.25, 0.3) is 0 Å². The fourth-order valence-corrected chi connectivity index (χ4v) is 1.41. The number of benzene rings is 1. The van der Waals surface area contributed by atoms with Gasteiger partial charge >= 0.3 is 0 Å². The molecule has 0 saturated carbocycles. The van der Waals surface area contributed by atoms with Crippen molar-refractivity contribution in [2.75, 3.05) is 11.9 Å². The van der Waals surface area contributed by atoms with Gasteiger partial charge in [0.1, 0.15) is 0 Å². The van der Waals surface area contributed by atoms with Crippen molar-refractivity contribution in [1.82, 2.24) is 0 Å². The first-order valence-corrected chi connectivity index (χ1v) is 5.08. The SMILES string of the molecule is C=C(C)CNc1ccccc1C(C)C. The Morgan fingerprint density at radius 1 is 1.36 bits per heavy atom. The third kappa shape index (κ3) is 2.91. The molecule has 0 aliphatic carbocycles. The third-order valence-electron chi connectivity index (χ3n) is 2.16. The van der Waals surface area contributed by atoms with Gasteiger partial charge in [0.2, 0.25) is 0 Å². The van der Waals surface area contributed by atoms with Gasteiger partial charge in [-0.2, -0.15) is 0 Å². The molecule has 0 unspecified atom stereocenters. The molecule has 0 heterocycles. The lowest BCUT2D eigenvalue weighted by Crippen LogP contribution is -2.05. The number of rotatable bonds is 4. The Balaban J connectivity index is 2.79. The Hall–Kier alpha value is -1.24. The normalized spacial score (nSPS) is 10.3. The Labute approximate surface area is 86.8 Å². The zero-order valence-electron chi connectivity index (χ0n) is 9.30. The highest BCUT2D eigenvalue weighted by Crippen LogP contribution is 2.23. The summed E-state index contributed by atoms with van der Waals surface area (Å²) in [5.41, 5.74) is 3.75. The molecule has 0 radical (unpaired) electrons. The van der Waals surface area contributed by atoms with Crippen molar-refractivity contribution in [2.45, 2.75) is 26.7 Å². The second-order valence-electron chi connectivity index (χ2n) is 4.05. The fraction of sp³-hybridized carbons (Fsp3) is 0.385. The van der Waals surface area contributed by atoms with Gasteiger partial charge < -0.3 is 5.32 Å². The molecule has 1 N–H and O–H groups in total. The van der Waals surface area contributed by atoms with E-state index in [0.717, 1.165) is 12.1 Å². The van der Waals surface area contributed by atoms with E-state index in [4.69, 9.17) is 0 Å². The van der Waals surface area contributed by atoms with Crippen molar-refractivity contribution in [2.24, 2.45) is 0 Å². The van der Waals surface area contributed by atoms with Crippen LogP contribution in [-0.4, -0.2) is 6.54 Å². The van der Waals surface area contributed by atoms with E-state index in [2.05, 4.69) is 50.0 Å². The molecule has 14 heavy (non-hydrogen) atoms. The average Bonchev–Trinajstić information content (AvgIpc) is 2.15. The summed E-state index contributed by atoms with van der Waals surface area (Å²) < 4.78 is 0. The standard InChI is InChI=1S/C13H19N/c1-10(2)9-14-13-8-6-5-7-12(13)11(3)4/h5-8,11,14H,1,9H2,2-4H3. The zero-order chi connectivity index (χ0) is 10.6. The lowest BCUT2D eigenvalue weighted by molar-refractivity contribution is 0.867. The first-order valence-electron chi connectivity index (χ1n) is 5.08. The highest BCUT2D eigenvalue weighted by atomic mass is 14.9. The minimum absolute atomic E-state index is 0.559. The first-order chi connectivity index (χ1) is 6.61. The molecule has 0 bridgehead atoms. The summed E-state index contributed by atoms with van der Waals surface area (Å²) in [6.45, 7) is 11.2. The van der Waals surface area contributed by atoms with Crippen LogP contribution in [0.4, 0.5) is 5.69 Å². The molecule has 0 aromatic heterocycles. The third-order valence-corrected chi connectivity index (χ3v) is 2.16. The minimum atomic E-state index is 0.559. The van der Waals surface area contributed by atoms with E-state index in [1.54, 1.807) is 0 Å². The van der Waals surface area contributed by atoms with Gasteiger partial charge in [0, 0.05) is 12.2 Å². The molecule has 0 atom stereocenters. The molecule has 1 nitrogen and oxygen atoms in total. The quantitative estimate of drug-likeness (QED) is 0.710. The molecular formula is C13H19N. The molecule has 0 spiro atoms. The Morgan fingerprint density at radius 3 is 2.57 bits per heavy atom. The van der Waals surface area contributed by atoms with E-state index >= 15 is 0 Å². The molecule has 0 amide bonds. The van der Waals surface area contributed by atoms with Crippen LogP contribution in [-0.2, 0) is 0 Å². The molecule has 1 aromatic rings. The number of hydrogen-bond donors (Lipinski definition) is 1. The Morgan fingerprint density at radius 2 is 2.00 bits per heavy atom. The maximum atomic E-state index is 3.88. The molecule has 1 heteroatoms. The van der Waals surface area contributed by atoms with Crippen LogP contribution in [0, 0.1) is 0 Å². The van der Waals surface area contributed by atoms with Gasteiger partial charge in [-0.25, -0.2) is 0 Å². The highest BCUT2D eigenvalue weighted by Gasteiger charge is 2.04. The van der Waals surface area contributed by atoms with Crippen LogP contribution in [0.3, 0.4) is 0 Å². The number of anilines is 1. The summed E-state index contributed by atoms with van der Waals surface area (Å²) in [5.74, 6) is 0.559. The van der Waals surface area contributed by atoms with Crippen molar-refractivity contribution in [3.05, 3.63) is 42.0 Å². The van der Waals surface area contributed by atoms with Gasteiger partial charge in [-0.3, -0.25) is 0 Å². The van der Waals surface area contributed by atoms with Gasteiger partial charge in [0.05, 0.1) is 0 Å². The molecule has 0 saturated heterocycles. The lowest BCUT2D eigenvalue weighted by atomic mass is 10.0. The second-order valence-corrected chi connectivity index (χ2v) is 4.05. The molecule has 1 rings (SSSR count). The van der Waals surface area contributed by atoms with Crippen LogP contribution in [0.25, 0.3) is 0 Å². The summed E-state index contributed by atoms with van der Waals surface area (Å²) in [4.78, 5) is 0. The van der Waals surface area contributed by atoms with Crippen molar-refractivity contribution in [3.63, 3.8) is 0 Å². The van der Waals surface area contributed by atoms with Crippen LogP contribution in [0.2, 0.25) is 0 Å². The second kappa shape index (κ2) is 4.85. The Kier molecular flexibility index (Phi) is 3.75. The van der Waals surface area contributed by atoms with Crippen LogP contribution in [0.1, 0.15) is 32.3 Å². The molecule has 0 fully saturated rings. The van der Waals surface area contributed by atoms with Crippen molar-refractivity contribution in [1.29, 1.82) is 0 Å². The van der Waals surface area contributed by atoms with Crippen LogP contribution < -0.4 is 5.32 Å². The van der Waals surface area contributed by atoms with E-state index in [0.29, 0.717) is 5.92 Å². The largest absolute Gasteiger partial charge is 0.381 e.